The van der Waals surface area contributed by atoms with E-state index in [1.165, 1.54) is 19.3 Å². The highest BCUT2D eigenvalue weighted by atomic mass is 35.5. The van der Waals surface area contributed by atoms with Crippen molar-refractivity contribution < 1.29 is 4.79 Å². The van der Waals surface area contributed by atoms with Crippen LogP contribution >= 0.6 is 11.6 Å². The van der Waals surface area contributed by atoms with E-state index in [0.29, 0.717) is 17.6 Å². The fraction of sp³-hybridized carbons (Fsp3) is 0.333. The number of imidazole rings is 1. The third-order valence-electron chi connectivity index (χ3n) is 5.79. The molecule has 1 aromatic heterocycles. The molecule has 1 aliphatic carbocycles. The molecule has 3 aromatic rings. The van der Waals surface area contributed by atoms with Crippen LogP contribution < -0.4 is 0 Å². The molecule has 4 nitrogen and oxygen atoms in total. The number of nitrogens with zero attached hydrogens (tertiary/aromatic N) is 3. The van der Waals surface area contributed by atoms with Crippen LogP contribution in [0.1, 0.15) is 43.5 Å². The van der Waals surface area contributed by atoms with E-state index in [4.69, 9.17) is 16.6 Å². The number of fused-ring (bicyclic) bond motifs is 1. The average molecular weight is 408 g/mol. The van der Waals surface area contributed by atoms with Gasteiger partial charge >= 0.3 is 0 Å². The first-order chi connectivity index (χ1) is 14.1. The predicted octanol–water partition coefficient (Wildman–Crippen LogP) is 5.65. The van der Waals surface area contributed by atoms with Crippen molar-refractivity contribution in [2.24, 2.45) is 0 Å². The average Bonchev–Trinajstić information content (AvgIpc) is 3.11. The largest absolute Gasteiger partial charge is 0.341 e. The van der Waals surface area contributed by atoms with Gasteiger partial charge in [0.15, 0.2) is 0 Å². The van der Waals surface area contributed by atoms with Crippen LogP contribution in [0.5, 0.6) is 0 Å². The van der Waals surface area contributed by atoms with Crippen molar-refractivity contribution in [2.75, 3.05) is 7.05 Å². The first kappa shape index (κ1) is 19.7. The first-order valence-corrected chi connectivity index (χ1v) is 10.6. The fourth-order valence-electron chi connectivity index (χ4n) is 4.05. The lowest BCUT2D eigenvalue weighted by atomic mass is 9.94. The molecule has 1 saturated carbocycles. The summed E-state index contributed by atoms with van der Waals surface area (Å²) in [4.78, 5) is 19.8. The molecule has 1 heterocycles. The number of rotatable bonds is 5. The van der Waals surface area contributed by atoms with Crippen LogP contribution in [-0.4, -0.2) is 33.4 Å². The van der Waals surface area contributed by atoms with E-state index < -0.39 is 0 Å². The van der Waals surface area contributed by atoms with Crippen LogP contribution in [0.2, 0.25) is 5.02 Å². The Balaban J connectivity index is 1.61. The van der Waals surface area contributed by atoms with Gasteiger partial charge in [-0.2, -0.15) is 0 Å². The lowest BCUT2D eigenvalue weighted by Gasteiger charge is -2.31. The van der Waals surface area contributed by atoms with Gasteiger partial charge in [-0.15, -0.1) is 0 Å². The summed E-state index contributed by atoms with van der Waals surface area (Å²) in [5.41, 5.74) is 2.92. The van der Waals surface area contributed by atoms with Gasteiger partial charge in [-0.1, -0.05) is 61.2 Å². The number of likely N-dealkylation sites (N-methyl/N-ethyl adjacent to an activating group) is 1. The molecule has 0 saturated heterocycles. The smallest absolute Gasteiger partial charge is 0.242 e. The Morgan fingerprint density at radius 3 is 2.59 bits per heavy atom. The molecule has 1 aliphatic rings. The number of hydrogen-bond acceptors (Lipinski definition) is 2. The summed E-state index contributed by atoms with van der Waals surface area (Å²) in [6.45, 7) is 0.299. The van der Waals surface area contributed by atoms with Gasteiger partial charge in [0, 0.05) is 18.1 Å². The van der Waals surface area contributed by atoms with Gasteiger partial charge in [0.1, 0.15) is 12.4 Å². The van der Waals surface area contributed by atoms with Crippen molar-refractivity contribution in [3.05, 3.63) is 64.9 Å². The molecule has 0 atom stereocenters. The second-order valence-electron chi connectivity index (χ2n) is 7.73. The molecule has 5 heteroatoms. The molecule has 1 amide bonds. The van der Waals surface area contributed by atoms with Crippen LogP contribution in [-0.2, 0) is 11.3 Å². The molecule has 4 rings (SSSR count). The molecule has 1 fully saturated rings. The van der Waals surface area contributed by atoms with E-state index >= 15 is 0 Å². The minimum absolute atomic E-state index is 0.140. The summed E-state index contributed by atoms with van der Waals surface area (Å²) in [5, 5.41) is 0.714. The molecule has 0 spiro atoms. The Hall–Kier alpha value is -2.59. The highest BCUT2D eigenvalue weighted by Crippen LogP contribution is 2.23. The van der Waals surface area contributed by atoms with Crippen molar-refractivity contribution in [1.29, 1.82) is 0 Å². The second-order valence-corrected chi connectivity index (χ2v) is 8.16. The first-order valence-electron chi connectivity index (χ1n) is 10.3. The zero-order valence-corrected chi connectivity index (χ0v) is 17.5. The van der Waals surface area contributed by atoms with Crippen molar-refractivity contribution in [3.8, 4) is 0 Å². The minimum Gasteiger partial charge on any atom is -0.341 e. The molecule has 0 radical (unpaired) electrons. The molecular formula is C24H26ClN3O. The second kappa shape index (κ2) is 8.83. The summed E-state index contributed by atoms with van der Waals surface area (Å²) in [5.74, 6) is 0.924. The summed E-state index contributed by atoms with van der Waals surface area (Å²) >= 11 is 5.98. The van der Waals surface area contributed by atoms with Crippen LogP contribution in [0.15, 0.2) is 48.5 Å². The predicted molar refractivity (Wildman–Crippen MR) is 120 cm³/mol. The molecule has 0 bridgehead atoms. The van der Waals surface area contributed by atoms with Crippen molar-refractivity contribution >= 4 is 40.7 Å². The number of carbonyl (C=O) groups excluding carboxylic acids is 1. The Kier molecular flexibility index (Phi) is 6.00. The van der Waals surface area contributed by atoms with Crippen LogP contribution in [0.4, 0.5) is 0 Å². The molecule has 2 aromatic carbocycles. The van der Waals surface area contributed by atoms with Crippen LogP contribution in [0, 0.1) is 0 Å². The topological polar surface area (TPSA) is 38.1 Å². The van der Waals surface area contributed by atoms with E-state index in [9.17, 15) is 4.79 Å². The number of halogens is 1. The Morgan fingerprint density at radius 1 is 1.10 bits per heavy atom. The normalized spacial score (nSPS) is 15.2. The quantitative estimate of drug-likeness (QED) is 0.548. The summed E-state index contributed by atoms with van der Waals surface area (Å²) in [7, 11) is 1.95. The molecule has 150 valence electrons. The Morgan fingerprint density at radius 2 is 1.83 bits per heavy atom. The number of para-hydroxylation sites is 2. The molecule has 0 unspecified atom stereocenters. The standard InChI is InChI=1S/C24H26ClN3O/c1-27(20-7-3-2-4-8-20)24(29)17-28-22-10-6-5-9-21(22)26-23(28)16-13-18-11-14-19(25)15-12-18/h5-6,9-16,20H,2-4,7-8,17H2,1H3/b16-13+. The van der Waals surface area contributed by atoms with Gasteiger partial charge in [0.05, 0.1) is 11.0 Å². The zero-order chi connectivity index (χ0) is 20.2. The van der Waals surface area contributed by atoms with Crippen LogP contribution in [0.25, 0.3) is 23.2 Å². The van der Waals surface area contributed by atoms with Crippen molar-refractivity contribution in [1.82, 2.24) is 14.5 Å². The van der Waals surface area contributed by atoms with E-state index in [1.54, 1.807) is 0 Å². The number of amides is 1. The highest BCUT2D eigenvalue weighted by molar-refractivity contribution is 6.30. The maximum atomic E-state index is 13.1. The Bertz CT molecular complexity index is 1020. The molecule has 0 N–H and O–H groups in total. The van der Waals surface area contributed by atoms with Gasteiger partial charge in [0.2, 0.25) is 5.91 Å². The maximum Gasteiger partial charge on any atom is 0.242 e. The van der Waals surface area contributed by atoms with Gasteiger partial charge in [-0.25, -0.2) is 4.98 Å². The van der Waals surface area contributed by atoms with Gasteiger partial charge in [-0.3, -0.25) is 4.79 Å². The number of carbonyl (C=O) groups is 1. The molecular weight excluding hydrogens is 382 g/mol. The molecule has 29 heavy (non-hydrogen) atoms. The SMILES string of the molecule is CN(C(=O)Cn1c(/C=C/c2ccc(Cl)cc2)nc2ccccc21)C1CCCCC1. The third kappa shape index (κ3) is 4.54. The van der Waals surface area contributed by atoms with Crippen molar-refractivity contribution in [3.63, 3.8) is 0 Å². The molecule has 0 aliphatic heterocycles. The fourth-order valence-corrected chi connectivity index (χ4v) is 4.18. The van der Waals surface area contributed by atoms with Gasteiger partial charge < -0.3 is 9.47 Å². The van der Waals surface area contributed by atoms with E-state index in [-0.39, 0.29) is 5.91 Å². The minimum atomic E-state index is 0.140. The van der Waals surface area contributed by atoms with Gasteiger partial charge in [-0.05, 0) is 48.7 Å². The van der Waals surface area contributed by atoms with E-state index in [0.717, 1.165) is 35.3 Å². The van der Waals surface area contributed by atoms with Gasteiger partial charge in [0.25, 0.3) is 0 Å². The van der Waals surface area contributed by atoms with E-state index in [2.05, 4.69) is 0 Å². The lowest BCUT2D eigenvalue weighted by Crippen LogP contribution is -2.40. The maximum absolute atomic E-state index is 13.1. The van der Waals surface area contributed by atoms with Crippen LogP contribution in [0.3, 0.4) is 0 Å². The lowest BCUT2D eigenvalue weighted by molar-refractivity contribution is -0.133. The summed E-state index contributed by atoms with van der Waals surface area (Å²) in [6, 6.07) is 16.0. The van der Waals surface area contributed by atoms with E-state index in [1.807, 2.05) is 77.2 Å². The van der Waals surface area contributed by atoms with Crippen molar-refractivity contribution in [2.45, 2.75) is 44.7 Å². The third-order valence-corrected chi connectivity index (χ3v) is 6.04. The monoisotopic (exact) mass is 407 g/mol. The summed E-state index contributed by atoms with van der Waals surface area (Å²) < 4.78 is 2.02. The number of benzene rings is 2. The zero-order valence-electron chi connectivity index (χ0n) is 16.7. The highest BCUT2D eigenvalue weighted by Gasteiger charge is 2.23. The summed E-state index contributed by atoms with van der Waals surface area (Å²) in [6.07, 6.45) is 9.90. The number of aromatic nitrogens is 2. The Labute approximate surface area is 176 Å². The number of hydrogen-bond donors (Lipinski definition) is 0.